The molecule has 0 saturated heterocycles. The summed E-state index contributed by atoms with van der Waals surface area (Å²) in [5.41, 5.74) is 3.79. The lowest BCUT2D eigenvalue weighted by Crippen LogP contribution is -2.00. The summed E-state index contributed by atoms with van der Waals surface area (Å²) >= 11 is 0. The lowest BCUT2D eigenvalue weighted by molar-refractivity contribution is 0.294. The summed E-state index contributed by atoms with van der Waals surface area (Å²) < 4.78 is 55.5. The molecule has 0 bridgehead atoms. The first-order valence-electron chi connectivity index (χ1n) is 13.7. The lowest BCUT2D eigenvalue weighted by atomic mass is 9.97. The van der Waals surface area contributed by atoms with E-state index in [-0.39, 0.29) is 17.1 Å². The second-order valence-electron chi connectivity index (χ2n) is 9.67. The van der Waals surface area contributed by atoms with Gasteiger partial charge in [-0.05, 0) is 77.8 Å². The first-order chi connectivity index (χ1) is 19.0. The summed E-state index contributed by atoms with van der Waals surface area (Å²) in [6.07, 6.45) is 4.81. The SMILES string of the molecule is CCCCOc1ccc(-c2ccc(CCc3ccc(-c4ccc(OCCCC)c(F)c4)cc3)c(F)c2F)cc1. The van der Waals surface area contributed by atoms with Crippen molar-refractivity contribution >= 4 is 0 Å². The van der Waals surface area contributed by atoms with Crippen LogP contribution < -0.4 is 9.47 Å². The average Bonchev–Trinajstić information content (AvgIpc) is 2.96. The highest BCUT2D eigenvalue weighted by Crippen LogP contribution is 2.29. The zero-order chi connectivity index (χ0) is 27.6. The number of rotatable bonds is 13. The van der Waals surface area contributed by atoms with Crippen molar-refractivity contribution in [1.29, 1.82) is 0 Å². The highest BCUT2D eigenvalue weighted by Gasteiger charge is 2.15. The van der Waals surface area contributed by atoms with Gasteiger partial charge in [0, 0.05) is 5.56 Å². The minimum atomic E-state index is -0.841. The minimum Gasteiger partial charge on any atom is -0.494 e. The molecule has 0 saturated carbocycles. The van der Waals surface area contributed by atoms with Gasteiger partial charge in [0.05, 0.1) is 13.2 Å². The van der Waals surface area contributed by atoms with E-state index in [2.05, 4.69) is 13.8 Å². The molecular formula is C34H35F3O2. The highest BCUT2D eigenvalue weighted by atomic mass is 19.2. The Morgan fingerprint density at radius 1 is 0.590 bits per heavy atom. The summed E-state index contributed by atoms with van der Waals surface area (Å²) in [7, 11) is 0. The molecule has 0 N–H and O–H groups in total. The third kappa shape index (κ3) is 7.44. The number of aryl methyl sites for hydroxylation is 2. The fourth-order valence-electron chi connectivity index (χ4n) is 4.34. The van der Waals surface area contributed by atoms with E-state index in [0.29, 0.717) is 42.9 Å². The predicted molar refractivity (Wildman–Crippen MR) is 152 cm³/mol. The largest absolute Gasteiger partial charge is 0.494 e. The van der Waals surface area contributed by atoms with Gasteiger partial charge < -0.3 is 9.47 Å². The quantitative estimate of drug-likeness (QED) is 0.160. The molecule has 0 aliphatic carbocycles. The molecule has 0 aliphatic heterocycles. The van der Waals surface area contributed by atoms with Crippen molar-refractivity contribution in [3.8, 4) is 33.8 Å². The van der Waals surface area contributed by atoms with Crippen LogP contribution in [0.3, 0.4) is 0 Å². The van der Waals surface area contributed by atoms with Gasteiger partial charge in [-0.2, -0.15) is 0 Å². The summed E-state index contributed by atoms with van der Waals surface area (Å²) in [5.74, 6) is -1.06. The van der Waals surface area contributed by atoms with E-state index in [4.69, 9.17) is 9.47 Å². The van der Waals surface area contributed by atoms with Gasteiger partial charge in [-0.3, -0.25) is 0 Å². The molecule has 39 heavy (non-hydrogen) atoms. The van der Waals surface area contributed by atoms with Gasteiger partial charge in [-0.1, -0.05) is 81.3 Å². The molecule has 0 aromatic heterocycles. The van der Waals surface area contributed by atoms with Gasteiger partial charge in [0.25, 0.3) is 0 Å². The van der Waals surface area contributed by atoms with Crippen molar-refractivity contribution in [2.24, 2.45) is 0 Å². The number of hydrogen-bond donors (Lipinski definition) is 0. The van der Waals surface area contributed by atoms with Crippen molar-refractivity contribution in [2.75, 3.05) is 13.2 Å². The van der Waals surface area contributed by atoms with E-state index < -0.39 is 11.6 Å². The Morgan fingerprint density at radius 3 is 1.90 bits per heavy atom. The van der Waals surface area contributed by atoms with E-state index in [1.54, 1.807) is 42.5 Å². The second-order valence-corrected chi connectivity index (χ2v) is 9.67. The van der Waals surface area contributed by atoms with Crippen LogP contribution in [0, 0.1) is 17.5 Å². The van der Waals surface area contributed by atoms with Crippen LogP contribution in [0.25, 0.3) is 22.3 Å². The standard InChI is InChI=1S/C34H35F3O2/c1-3-5-21-38-29-17-13-26(14-18-29)30-19-15-27(33(36)34(30)37)12-9-24-7-10-25(11-8-24)28-16-20-32(31(35)23-28)39-22-6-4-2/h7-8,10-11,13-20,23H,3-6,9,12,21-22H2,1-2H3. The van der Waals surface area contributed by atoms with Crippen molar-refractivity contribution < 1.29 is 22.6 Å². The second kappa shape index (κ2) is 13.9. The first kappa shape index (κ1) is 28.3. The molecule has 0 spiro atoms. The van der Waals surface area contributed by atoms with Crippen molar-refractivity contribution in [3.05, 3.63) is 107 Å². The van der Waals surface area contributed by atoms with E-state index in [1.165, 1.54) is 6.07 Å². The fourth-order valence-corrected chi connectivity index (χ4v) is 4.34. The van der Waals surface area contributed by atoms with Crippen LogP contribution in [0.5, 0.6) is 11.5 Å². The molecule has 0 amide bonds. The molecule has 0 aliphatic rings. The summed E-state index contributed by atoms with van der Waals surface area (Å²) in [6, 6.07) is 23.0. The molecule has 0 unspecified atom stereocenters. The number of hydrogen-bond acceptors (Lipinski definition) is 2. The number of unbranched alkanes of at least 4 members (excludes halogenated alkanes) is 2. The van der Waals surface area contributed by atoms with Crippen LogP contribution in [0.2, 0.25) is 0 Å². The molecule has 0 atom stereocenters. The van der Waals surface area contributed by atoms with Gasteiger partial charge >= 0.3 is 0 Å². The Labute approximate surface area is 229 Å². The van der Waals surface area contributed by atoms with Crippen molar-refractivity contribution in [1.82, 2.24) is 0 Å². The predicted octanol–water partition coefficient (Wildman–Crippen LogP) is 9.58. The number of halogens is 3. The zero-order valence-electron chi connectivity index (χ0n) is 22.6. The van der Waals surface area contributed by atoms with Gasteiger partial charge in [-0.15, -0.1) is 0 Å². The van der Waals surface area contributed by atoms with Crippen LogP contribution in [0.4, 0.5) is 13.2 Å². The lowest BCUT2D eigenvalue weighted by Gasteiger charge is -2.11. The maximum Gasteiger partial charge on any atom is 0.166 e. The normalized spacial score (nSPS) is 11.0. The Kier molecular flexibility index (Phi) is 10.1. The van der Waals surface area contributed by atoms with Crippen LogP contribution in [-0.4, -0.2) is 13.2 Å². The summed E-state index contributed by atoms with van der Waals surface area (Å²) in [5, 5.41) is 0. The summed E-state index contributed by atoms with van der Waals surface area (Å²) in [4.78, 5) is 0. The monoisotopic (exact) mass is 532 g/mol. The smallest absolute Gasteiger partial charge is 0.166 e. The fraction of sp³-hybridized carbons (Fsp3) is 0.294. The topological polar surface area (TPSA) is 18.5 Å². The molecular weight excluding hydrogens is 497 g/mol. The third-order valence-corrected chi connectivity index (χ3v) is 6.75. The maximum absolute atomic E-state index is 15.0. The third-order valence-electron chi connectivity index (χ3n) is 6.75. The molecule has 0 radical (unpaired) electrons. The highest BCUT2D eigenvalue weighted by molar-refractivity contribution is 5.66. The molecule has 0 fully saturated rings. The molecule has 4 aromatic carbocycles. The first-order valence-corrected chi connectivity index (χ1v) is 13.7. The van der Waals surface area contributed by atoms with Gasteiger partial charge in [0.15, 0.2) is 23.2 Å². The van der Waals surface area contributed by atoms with Crippen LogP contribution in [-0.2, 0) is 12.8 Å². The van der Waals surface area contributed by atoms with E-state index >= 15 is 0 Å². The molecule has 4 rings (SSSR count). The van der Waals surface area contributed by atoms with Gasteiger partial charge in [-0.25, -0.2) is 13.2 Å². The number of ether oxygens (including phenoxy) is 2. The zero-order valence-corrected chi connectivity index (χ0v) is 22.6. The molecule has 4 aromatic rings. The van der Waals surface area contributed by atoms with Gasteiger partial charge in [0.2, 0.25) is 0 Å². The van der Waals surface area contributed by atoms with Crippen LogP contribution in [0.15, 0.2) is 78.9 Å². The number of benzene rings is 4. The Bertz CT molecular complexity index is 1350. The van der Waals surface area contributed by atoms with E-state index in [9.17, 15) is 13.2 Å². The van der Waals surface area contributed by atoms with Crippen LogP contribution >= 0.6 is 0 Å². The van der Waals surface area contributed by atoms with Gasteiger partial charge in [0.1, 0.15) is 5.75 Å². The molecule has 5 heteroatoms. The molecule has 0 heterocycles. The minimum absolute atomic E-state index is 0.231. The van der Waals surface area contributed by atoms with Crippen molar-refractivity contribution in [2.45, 2.75) is 52.4 Å². The average molecular weight is 533 g/mol. The van der Waals surface area contributed by atoms with Crippen LogP contribution in [0.1, 0.15) is 50.7 Å². The molecule has 204 valence electrons. The molecule has 2 nitrogen and oxygen atoms in total. The maximum atomic E-state index is 15.0. The summed E-state index contributed by atoms with van der Waals surface area (Å²) in [6.45, 7) is 5.29. The Morgan fingerprint density at radius 2 is 1.23 bits per heavy atom. The Hall–Kier alpha value is -3.73. The van der Waals surface area contributed by atoms with E-state index in [1.807, 2.05) is 30.3 Å². The Balaban J connectivity index is 1.38. The van der Waals surface area contributed by atoms with Crippen molar-refractivity contribution in [3.63, 3.8) is 0 Å². The van der Waals surface area contributed by atoms with E-state index in [0.717, 1.165) is 42.4 Å².